The Balaban J connectivity index is 1.54. The molecule has 0 unspecified atom stereocenters. The van der Waals surface area contributed by atoms with Gasteiger partial charge in [0.05, 0.1) is 38.6 Å². The fourth-order valence-electron chi connectivity index (χ4n) is 4.35. The van der Waals surface area contributed by atoms with Crippen molar-refractivity contribution in [2.45, 2.75) is 18.7 Å². The van der Waals surface area contributed by atoms with Gasteiger partial charge in [-0.1, -0.05) is 30.3 Å². The van der Waals surface area contributed by atoms with Gasteiger partial charge in [-0.05, 0) is 36.4 Å². The van der Waals surface area contributed by atoms with E-state index in [1.807, 2.05) is 53.5 Å². The van der Waals surface area contributed by atoms with Gasteiger partial charge in [0.1, 0.15) is 5.75 Å². The van der Waals surface area contributed by atoms with Crippen LogP contribution in [0, 0.1) is 0 Å². The van der Waals surface area contributed by atoms with Gasteiger partial charge in [-0.3, -0.25) is 0 Å². The predicted octanol–water partition coefficient (Wildman–Crippen LogP) is 4.73. The highest BCUT2D eigenvalue weighted by molar-refractivity contribution is 6.02. The number of carbonyl (C=O) groups is 1. The summed E-state index contributed by atoms with van der Waals surface area (Å²) in [6.07, 6.45) is 0.307. The SMILES string of the molecule is COC(=O)c1ccc([C@@H]2Oc3ccccc3[C@H]3CC(c4ccc(OC)c(OC)c4)=NN32)cc1. The van der Waals surface area contributed by atoms with Crippen LogP contribution in [0.25, 0.3) is 0 Å². The number of para-hydroxylation sites is 1. The first kappa shape index (κ1) is 20.9. The van der Waals surface area contributed by atoms with E-state index in [0.29, 0.717) is 17.1 Å². The normalized spacial score (nSPS) is 18.5. The summed E-state index contributed by atoms with van der Waals surface area (Å²) in [5.41, 5.74) is 4.40. The number of benzene rings is 3. The van der Waals surface area contributed by atoms with Crippen molar-refractivity contribution < 1.29 is 23.7 Å². The fraction of sp³-hybridized carbons (Fsp3) is 0.231. The van der Waals surface area contributed by atoms with Gasteiger partial charge in [-0.2, -0.15) is 5.10 Å². The third-order valence-electron chi connectivity index (χ3n) is 6.03. The first-order chi connectivity index (χ1) is 16.1. The van der Waals surface area contributed by atoms with Crippen molar-refractivity contribution in [3.05, 3.63) is 89.0 Å². The third-order valence-corrected chi connectivity index (χ3v) is 6.03. The van der Waals surface area contributed by atoms with E-state index in [0.717, 1.165) is 34.6 Å². The van der Waals surface area contributed by atoms with E-state index < -0.39 is 6.23 Å². The van der Waals surface area contributed by atoms with Crippen LogP contribution in [0.5, 0.6) is 17.2 Å². The lowest BCUT2D eigenvalue weighted by Gasteiger charge is -2.38. The Labute approximate surface area is 192 Å². The van der Waals surface area contributed by atoms with Crippen LogP contribution in [-0.2, 0) is 4.74 Å². The first-order valence-corrected chi connectivity index (χ1v) is 10.6. The van der Waals surface area contributed by atoms with Crippen LogP contribution in [0.1, 0.15) is 45.7 Å². The monoisotopic (exact) mass is 444 g/mol. The number of hydrogen-bond donors (Lipinski definition) is 0. The summed E-state index contributed by atoms with van der Waals surface area (Å²) in [6.45, 7) is 0. The molecule has 0 fully saturated rings. The molecule has 0 aliphatic carbocycles. The van der Waals surface area contributed by atoms with Gasteiger partial charge in [-0.25, -0.2) is 9.80 Å². The Kier molecular flexibility index (Phi) is 5.38. The van der Waals surface area contributed by atoms with Crippen LogP contribution < -0.4 is 14.2 Å². The zero-order valence-electron chi connectivity index (χ0n) is 18.6. The summed E-state index contributed by atoms with van der Waals surface area (Å²) in [6, 6.07) is 21.2. The van der Waals surface area contributed by atoms with Crippen molar-refractivity contribution in [3.63, 3.8) is 0 Å². The minimum absolute atomic E-state index is 0.0309. The van der Waals surface area contributed by atoms with E-state index in [4.69, 9.17) is 24.0 Å². The number of hydrogen-bond acceptors (Lipinski definition) is 7. The molecule has 0 bridgehead atoms. The summed E-state index contributed by atoms with van der Waals surface area (Å²) in [7, 11) is 4.62. The Morgan fingerprint density at radius 3 is 2.45 bits per heavy atom. The smallest absolute Gasteiger partial charge is 0.337 e. The number of hydrazone groups is 1. The van der Waals surface area contributed by atoms with Crippen LogP contribution in [-0.4, -0.2) is 38.0 Å². The minimum atomic E-state index is -0.422. The average Bonchev–Trinajstić information content (AvgIpc) is 3.33. The lowest BCUT2D eigenvalue weighted by Crippen LogP contribution is -2.33. The Morgan fingerprint density at radius 1 is 0.970 bits per heavy atom. The van der Waals surface area contributed by atoms with Gasteiger partial charge >= 0.3 is 5.97 Å². The van der Waals surface area contributed by atoms with E-state index in [1.54, 1.807) is 26.4 Å². The molecule has 3 aromatic rings. The molecule has 33 heavy (non-hydrogen) atoms. The topological polar surface area (TPSA) is 69.6 Å². The molecule has 0 saturated carbocycles. The highest BCUT2D eigenvalue weighted by Gasteiger charge is 2.41. The van der Waals surface area contributed by atoms with E-state index in [-0.39, 0.29) is 12.0 Å². The van der Waals surface area contributed by atoms with Gasteiger partial charge in [0.25, 0.3) is 0 Å². The quantitative estimate of drug-likeness (QED) is 0.530. The second kappa shape index (κ2) is 8.50. The molecular formula is C26H24N2O5. The third kappa shape index (κ3) is 3.65. The first-order valence-electron chi connectivity index (χ1n) is 10.6. The molecule has 2 aliphatic heterocycles. The lowest BCUT2D eigenvalue weighted by atomic mass is 9.95. The van der Waals surface area contributed by atoms with Crippen LogP contribution in [0.4, 0.5) is 0 Å². The van der Waals surface area contributed by atoms with Crippen LogP contribution in [0.3, 0.4) is 0 Å². The zero-order chi connectivity index (χ0) is 22.9. The molecule has 0 saturated heterocycles. The number of fused-ring (bicyclic) bond motifs is 3. The highest BCUT2D eigenvalue weighted by atomic mass is 16.5. The molecule has 2 atom stereocenters. The average molecular weight is 444 g/mol. The maximum absolute atomic E-state index is 11.8. The summed E-state index contributed by atoms with van der Waals surface area (Å²) < 4.78 is 22.1. The molecule has 0 spiro atoms. The van der Waals surface area contributed by atoms with Crippen molar-refractivity contribution in [2.75, 3.05) is 21.3 Å². The standard InChI is InChI=1S/C26H24N2O5/c1-30-23-13-12-18(14-24(23)31-2)20-15-21-19-6-4-5-7-22(19)33-25(28(21)27-20)16-8-10-17(11-9-16)26(29)32-3/h4-14,21,25H,15H2,1-3H3/t21-,25+/m1/s1. The molecule has 5 rings (SSSR count). The highest BCUT2D eigenvalue weighted by Crippen LogP contribution is 2.47. The molecule has 0 amide bonds. The van der Waals surface area contributed by atoms with Gasteiger partial charge in [-0.15, -0.1) is 0 Å². The lowest BCUT2D eigenvalue weighted by molar-refractivity contribution is -0.0190. The van der Waals surface area contributed by atoms with Crippen molar-refractivity contribution in [1.82, 2.24) is 5.01 Å². The largest absolute Gasteiger partial charge is 0.493 e. The summed E-state index contributed by atoms with van der Waals surface area (Å²) in [5.74, 6) is 1.80. The molecule has 2 heterocycles. The fourth-order valence-corrected chi connectivity index (χ4v) is 4.35. The zero-order valence-corrected chi connectivity index (χ0v) is 18.6. The second-order valence-electron chi connectivity index (χ2n) is 7.84. The maximum atomic E-state index is 11.8. The predicted molar refractivity (Wildman–Crippen MR) is 123 cm³/mol. The number of rotatable bonds is 5. The molecule has 168 valence electrons. The van der Waals surface area contributed by atoms with Crippen LogP contribution in [0.15, 0.2) is 71.8 Å². The van der Waals surface area contributed by atoms with Crippen molar-refractivity contribution in [3.8, 4) is 17.2 Å². The van der Waals surface area contributed by atoms with Crippen molar-refractivity contribution in [1.29, 1.82) is 0 Å². The Bertz CT molecular complexity index is 1220. The number of ether oxygens (including phenoxy) is 4. The minimum Gasteiger partial charge on any atom is -0.493 e. The van der Waals surface area contributed by atoms with E-state index in [9.17, 15) is 4.79 Å². The maximum Gasteiger partial charge on any atom is 0.337 e. The van der Waals surface area contributed by atoms with E-state index >= 15 is 0 Å². The van der Waals surface area contributed by atoms with E-state index in [2.05, 4.69) is 6.07 Å². The Morgan fingerprint density at radius 2 is 1.73 bits per heavy atom. The van der Waals surface area contributed by atoms with Crippen molar-refractivity contribution in [2.24, 2.45) is 5.10 Å². The van der Waals surface area contributed by atoms with Gasteiger partial charge in [0.15, 0.2) is 11.5 Å². The van der Waals surface area contributed by atoms with Gasteiger partial charge < -0.3 is 18.9 Å². The summed E-state index contributed by atoms with van der Waals surface area (Å²) in [5, 5.41) is 6.98. The molecular weight excluding hydrogens is 420 g/mol. The summed E-state index contributed by atoms with van der Waals surface area (Å²) in [4.78, 5) is 11.8. The van der Waals surface area contributed by atoms with Crippen LogP contribution in [0.2, 0.25) is 0 Å². The molecule has 0 aromatic heterocycles. The molecule has 2 aliphatic rings. The Hall–Kier alpha value is -4.00. The van der Waals surface area contributed by atoms with Gasteiger partial charge in [0.2, 0.25) is 6.23 Å². The second-order valence-corrected chi connectivity index (χ2v) is 7.84. The molecule has 0 radical (unpaired) electrons. The van der Waals surface area contributed by atoms with Gasteiger partial charge in [0, 0.05) is 23.1 Å². The van der Waals surface area contributed by atoms with Crippen LogP contribution >= 0.6 is 0 Å². The molecule has 7 nitrogen and oxygen atoms in total. The molecule has 7 heteroatoms. The molecule has 3 aromatic carbocycles. The van der Waals surface area contributed by atoms with Crippen molar-refractivity contribution >= 4 is 11.7 Å². The summed E-state index contributed by atoms with van der Waals surface area (Å²) >= 11 is 0. The molecule has 0 N–H and O–H groups in total. The number of carbonyl (C=O) groups excluding carboxylic acids is 1. The number of nitrogens with zero attached hydrogens (tertiary/aromatic N) is 2. The van der Waals surface area contributed by atoms with E-state index in [1.165, 1.54) is 7.11 Å². The number of methoxy groups -OCH3 is 3. The number of esters is 1.